The highest BCUT2D eigenvalue weighted by Crippen LogP contribution is 2.29. The highest BCUT2D eigenvalue weighted by atomic mass is 15.2. The van der Waals surface area contributed by atoms with Gasteiger partial charge in [-0.25, -0.2) is 0 Å². The third-order valence-corrected chi connectivity index (χ3v) is 4.81. The number of nitrogens with zero attached hydrogens (tertiary/aromatic N) is 2. The Morgan fingerprint density at radius 2 is 2.00 bits per heavy atom. The number of aromatic nitrogens is 1. The molecule has 21 heavy (non-hydrogen) atoms. The zero-order valence-corrected chi connectivity index (χ0v) is 14.5. The number of likely N-dealkylation sites (N-methyl/N-ethyl adjacent to an activating group) is 1. The second-order valence-electron chi connectivity index (χ2n) is 6.28. The van der Waals surface area contributed by atoms with Crippen molar-refractivity contribution in [3.05, 3.63) is 29.6 Å². The number of hydrogen-bond donors (Lipinski definition) is 1. The van der Waals surface area contributed by atoms with Crippen LogP contribution in [0.25, 0.3) is 0 Å². The minimum atomic E-state index is 0.0929. The molecule has 0 spiro atoms. The Balaban J connectivity index is 2.96. The third kappa shape index (κ3) is 4.79. The molecule has 3 heteroatoms. The molecule has 0 aliphatic heterocycles. The lowest BCUT2D eigenvalue weighted by Gasteiger charge is -2.44. The predicted octanol–water partition coefficient (Wildman–Crippen LogP) is 3.76. The van der Waals surface area contributed by atoms with Crippen LogP contribution in [-0.2, 0) is 6.54 Å². The van der Waals surface area contributed by atoms with Crippen LogP contribution in [0.3, 0.4) is 0 Å². The topological polar surface area (TPSA) is 42.1 Å². The molecule has 0 radical (unpaired) electrons. The predicted molar refractivity (Wildman–Crippen MR) is 91.2 cm³/mol. The maximum absolute atomic E-state index is 6.22. The zero-order valence-electron chi connectivity index (χ0n) is 14.5. The van der Waals surface area contributed by atoms with Gasteiger partial charge in [-0.1, -0.05) is 40.2 Å². The van der Waals surface area contributed by atoms with Crippen molar-refractivity contribution in [3.63, 3.8) is 0 Å². The van der Waals surface area contributed by atoms with Gasteiger partial charge < -0.3 is 5.73 Å². The average Bonchev–Trinajstić information content (AvgIpc) is 2.50. The highest BCUT2D eigenvalue weighted by molar-refractivity contribution is 5.10. The molecule has 0 aliphatic carbocycles. The normalized spacial score (nSPS) is 16.0. The lowest BCUT2D eigenvalue weighted by atomic mass is 9.83. The Kier molecular flexibility index (Phi) is 7.33. The number of rotatable bonds is 9. The summed E-state index contributed by atoms with van der Waals surface area (Å²) in [6, 6.07) is 6.26. The molecule has 0 fully saturated rings. The van der Waals surface area contributed by atoms with Crippen molar-refractivity contribution in [1.82, 2.24) is 9.88 Å². The summed E-state index contributed by atoms with van der Waals surface area (Å²) in [6.45, 7) is 13.8. The molecule has 1 aromatic rings. The van der Waals surface area contributed by atoms with E-state index in [9.17, 15) is 0 Å². The van der Waals surface area contributed by atoms with Crippen molar-refractivity contribution < 1.29 is 0 Å². The molecule has 2 N–H and O–H groups in total. The van der Waals surface area contributed by atoms with Gasteiger partial charge in [0, 0.05) is 24.3 Å². The number of aryl methyl sites for hydroxylation is 1. The van der Waals surface area contributed by atoms with Crippen LogP contribution in [0.15, 0.2) is 18.2 Å². The molecule has 3 nitrogen and oxygen atoms in total. The van der Waals surface area contributed by atoms with Gasteiger partial charge >= 0.3 is 0 Å². The van der Waals surface area contributed by atoms with Crippen LogP contribution in [0.1, 0.15) is 58.3 Å². The molecule has 1 aromatic heterocycles. The van der Waals surface area contributed by atoms with Gasteiger partial charge in [0.25, 0.3) is 0 Å². The molecule has 2 unspecified atom stereocenters. The fourth-order valence-corrected chi connectivity index (χ4v) is 3.14. The van der Waals surface area contributed by atoms with Gasteiger partial charge in [0.1, 0.15) is 0 Å². The maximum atomic E-state index is 6.22. The first-order valence-electron chi connectivity index (χ1n) is 8.38. The molecule has 0 aromatic carbocycles. The van der Waals surface area contributed by atoms with E-state index in [2.05, 4.69) is 62.7 Å². The summed E-state index contributed by atoms with van der Waals surface area (Å²) >= 11 is 0. The fourth-order valence-electron chi connectivity index (χ4n) is 3.14. The SMILES string of the molecule is CCC(C)CC(CC)(CN)N(CC)Cc1cccc(C)n1. The molecular formula is C18H33N3. The summed E-state index contributed by atoms with van der Waals surface area (Å²) in [5, 5.41) is 0. The molecule has 0 saturated heterocycles. The van der Waals surface area contributed by atoms with Crippen LogP contribution in [0.2, 0.25) is 0 Å². The standard InChI is InChI=1S/C18H33N3/c1-6-15(4)12-18(7-2,14-19)21(8-3)13-17-11-9-10-16(5)20-17/h9-11,15H,6-8,12-14,19H2,1-5H3. The van der Waals surface area contributed by atoms with Crippen LogP contribution in [0.5, 0.6) is 0 Å². The van der Waals surface area contributed by atoms with E-state index in [4.69, 9.17) is 5.73 Å². The van der Waals surface area contributed by atoms with Gasteiger partial charge in [0.15, 0.2) is 0 Å². The summed E-state index contributed by atoms with van der Waals surface area (Å²) in [6.07, 6.45) is 3.46. The molecule has 0 bridgehead atoms. The third-order valence-electron chi connectivity index (χ3n) is 4.81. The maximum Gasteiger partial charge on any atom is 0.0547 e. The second kappa shape index (κ2) is 8.50. The molecule has 2 atom stereocenters. The van der Waals surface area contributed by atoms with E-state index in [-0.39, 0.29) is 5.54 Å². The second-order valence-corrected chi connectivity index (χ2v) is 6.28. The van der Waals surface area contributed by atoms with Crippen LogP contribution in [0.4, 0.5) is 0 Å². The molecule has 0 amide bonds. The van der Waals surface area contributed by atoms with E-state index >= 15 is 0 Å². The first-order chi connectivity index (χ1) is 10.0. The lowest BCUT2D eigenvalue weighted by molar-refractivity contribution is 0.0622. The summed E-state index contributed by atoms with van der Waals surface area (Å²) < 4.78 is 0. The average molecular weight is 291 g/mol. The van der Waals surface area contributed by atoms with E-state index < -0.39 is 0 Å². The van der Waals surface area contributed by atoms with Gasteiger partial charge in [0.05, 0.1) is 5.69 Å². The summed E-state index contributed by atoms with van der Waals surface area (Å²) in [5.74, 6) is 0.702. The Hall–Kier alpha value is -0.930. The van der Waals surface area contributed by atoms with Gasteiger partial charge in [-0.2, -0.15) is 0 Å². The molecule has 1 rings (SSSR count). The van der Waals surface area contributed by atoms with E-state index in [1.54, 1.807) is 0 Å². The Labute approximate surface area is 130 Å². The summed E-state index contributed by atoms with van der Waals surface area (Å²) in [5.41, 5.74) is 8.54. The smallest absolute Gasteiger partial charge is 0.0547 e. The van der Waals surface area contributed by atoms with Gasteiger partial charge in [-0.15, -0.1) is 0 Å². The van der Waals surface area contributed by atoms with Gasteiger partial charge in [0.2, 0.25) is 0 Å². The van der Waals surface area contributed by atoms with E-state index in [0.717, 1.165) is 37.3 Å². The molecular weight excluding hydrogens is 258 g/mol. The molecule has 0 aliphatic rings. The van der Waals surface area contributed by atoms with E-state index in [1.165, 1.54) is 6.42 Å². The fraction of sp³-hybridized carbons (Fsp3) is 0.722. The van der Waals surface area contributed by atoms with Crippen molar-refractivity contribution in [2.45, 2.75) is 66.0 Å². The lowest BCUT2D eigenvalue weighted by Crippen LogP contribution is -2.54. The summed E-state index contributed by atoms with van der Waals surface area (Å²) in [7, 11) is 0. The van der Waals surface area contributed by atoms with Crippen molar-refractivity contribution in [3.8, 4) is 0 Å². The first kappa shape index (κ1) is 18.1. The highest BCUT2D eigenvalue weighted by Gasteiger charge is 2.34. The van der Waals surface area contributed by atoms with Crippen molar-refractivity contribution in [1.29, 1.82) is 0 Å². The van der Waals surface area contributed by atoms with Gasteiger partial charge in [-0.3, -0.25) is 9.88 Å². The minimum Gasteiger partial charge on any atom is -0.329 e. The Bertz CT molecular complexity index is 413. The molecule has 1 heterocycles. The van der Waals surface area contributed by atoms with Crippen molar-refractivity contribution in [2.75, 3.05) is 13.1 Å². The Morgan fingerprint density at radius 1 is 1.29 bits per heavy atom. The van der Waals surface area contributed by atoms with Crippen LogP contribution in [0, 0.1) is 12.8 Å². The van der Waals surface area contributed by atoms with Crippen molar-refractivity contribution in [2.24, 2.45) is 11.7 Å². The number of pyridine rings is 1. The largest absolute Gasteiger partial charge is 0.329 e. The minimum absolute atomic E-state index is 0.0929. The van der Waals surface area contributed by atoms with Crippen LogP contribution < -0.4 is 5.73 Å². The van der Waals surface area contributed by atoms with E-state index in [1.807, 2.05) is 0 Å². The molecule has 120 valence electrons. The number of nitrogens with two attached hydrogens (primary N) is 1. The zero-order chi connectivity index (χ0) is 15.9. The number of hydrogen-bond acceptors (Lipinski definition) is 3. The van der Waals surface area contributed by atoms with Crippen LogP contribution >= 0.6 is 0 Å². The summed E-state index contributed by atoms with van der Waals surface area (Å²) in [4.78, 5) is 7.19. The van der Waals surface area contributed by atoms with Gasteiger partial charge in [-0.05, 0) is 44.4 Å². The monoisotopic (exact) mass is 291 g/mol. The Morgan fingerprint density at radius 3 is 2.48 bits per heavy atom. The van der Waals surface area contributed by atoms with Crippen LogP contribution in [-0.4, -0.2) is 28.5 Å². The first-order valence-corrected chi connectivity index (χ1v) is 8.38. The van der Waals surface area contributed by atoms with Crippen molar-refractivity contribution >= 4 is 0 Å². The van der Waals surface area contributed by atoms with E-state index in [0.29, 0.717) is 12.5 Å². The molecule has 0 saturated carbocycles. The quantitative estimate of drug-likeness (QED) is 0.753.